The molecule has 2 aliphatic heterocycles. The van der Waals surface area contributed by atoms with Gasteiger partial charge in [0.05, 0.1) is 12.1 Å². The average Bonchev–Trinajstić information content (AvgIpc) is 3.16. The molecule has 2 saturated heterocycles. The number of piperidine rings is 1. The molecule has 3 heteroatoms. The van der Waals surface area contributed by atoms with Crippen molar-refractivity contribution in [3.8, 4) is 0 Å². The van der Waals surface area contributed by atoms with Gasteiger partial charge in [-0.05, 0) is 48.9 Å². The predicted molar refractivity (Wildman–Crippen MR) is 110 cm³/mol. The number of benzene rings is 2. The van der Waals surface area contributed by atoms with E-state index < -0.39 is 0 Å². The minimum atomic E-state index is 0.00751. The molecular weight excluding hydrogens is 332 g/mol. The van der Waals surface area contributed by atoms with Crippen molar-refractivity contribution in [2.75, 3.05) is 31.1 Å². The Morgan fingerprint density at radius 1 is 0.926 bits per heavy atom. The van der Waals surface area contributed by atoms with Crippen LogP contribution in [0.3, 0.4) is 0 Å². The van der Waals surface area contributed by atoms with Gasteiger partial charge in [0.1, 0.15) is 0 Å². The number of anilines is 1. The predicted octanol–water partition coefficient (Wildman–Crippen LogP) is 3.51. The first-order chi connectivity index (χ1) is 13.2. The normalized spacial score (nSPS) is 27.6. The maximum Gasteiger partial charge on any atom is 0.0524 e. The van der Waals surface area contributed by atoms with Crippen molar-refractivity contribution < 1.29 is 5.11 Å². The molecular formula is C24H30N2O. The van der Waals surface area contributed by atoms with Gasteiger partial charge in [0, 0.05) is 36.8 Å². The highest BCUT2D eigenvalue weighted by atomic mass is 16.3. The Balaban J connectivity index is 1.33. The maximum absolute atomic E-state index is 10.2. The standard InChI is InChI=1S/C24H30N2O/c1-23(18-27)17-26(21-9-3-2-4-10-21)24(23)11-13-25(14-12-24)22-15-19-7-5-6-8-20(19)16-22/h2-10,22,27H,11-18H2,1H3. The second-order valence-electron chi connectivity index (χ2n) is 9.04. The lowest BCUT2D eigenvalue weighted by Crippen LogP contribution is -2.77. The number of para-hydroxylation sites is 1. The molecule has 0 amide bonds. The third-order valence-corrected chi connectivity index (χ3v) is 7.74. The highest BCUT2D eigenvalue weighted by molar-refractivity contribution is 5.55. The van der Waals surface area contributed by atoms with Crippen LogP contribution in [0.2, 0.25) is 0 Å². The topological polar surface area (TPSA) is 26.7 Å². The summed E-state index contributed by atoms with van der Waals surface area (Å²) in [6.07, 6.45) is 4.68. The van der Waals surface area contributed by atoms with Gasteiger partial charge in [-0.2, -0.15) is 0 Å². The molecule has 2 aromatic carbocycles. The molecule has 1 aliphatic carbocycles. The minimum absolute atomic E-state index is 0.00751. The number of rotatable bonds is 3. The Morgan fingerprint density at radius 2 is 1.52 bits per heavy atom. The number of aliphatic hydroxyl groups excluding tert-OH is 1. The summed E-state index contributed by atoms with van der Waals surface area (Å²) in [6, 6.07) is 20.4. The first-order valence-corrected chi connectivity index (χ1v) is 10.4. The van der Waals surface area contributed by atoms with Crippen molar-refractivity contribution >= 4 is 5.69 Å². The van der Waals surface area contributed by atoms with Gasteiger partial charge in [-0.1, -0.05) is 49.4 Å². The zero-order chi connectivity index (χ0) is 18.5. The van der Waals surface area contributed by atoms with Crippen LogP contribution in [0.5, 0.6) is 0 Å². The fraction of sp³-hybridized carbons (Fsp3) is 0.500. The van der Waals surface area contributed by atoms with E-state index in [2.05, 4.69) is 71.3 Å². The van der Waals surface area contributed by atoms with E-state index in [0.29, 0.717) is 6.04 Å². The van der Waals surface area contributed by atoms with Gasteiger partial charge < -0.3 is 10.0 Å². The molecule has 1 spiro atoms. The van der Waals surface area contributed by atoms with E-state index in [9.17, 15) is 5.11 Å². The van der Waals surface area contributed by atoms with Crippen molar-refractivity contribution in [1.29, 1.82) is 0 Å². The number of hydrogen-bond donors (Lipinski definition) is 1. The Hall–Kier alpha value is -1.84. The molecule has 5 rings (SSSR count). The molecule has 2 fully saturated rings. The lowest BCUT2D eigenvalue weighted by Gasteiger charge is -2.68. The van der Waals surface area contributed by atoms with Crippen molar-refractivity contribution in [3.05, 3.63) is 65.7 Å². The second-order valence-corrected chi connectivity index (χ2v) is 9.04. The van der Waals surface area contributed by atoms with Gasteiger partial charge in [-0.3, -0.25) is 4.90 Å². The maximum atomic E-state index is 10.2. The third-order valence-electron chi connectivity index (χ3n) is 7.74. The van der Waals surface area contributed by atoms with Crippen LogP contribution in [0.25, 0.3) is 0 Å². The Kier molecular flexibility index (Phi) is 4.06. The minimum Gasteiger partial charge on any atom is -0.396 e. The van der Waals surface area contributed by atoms with Crippen LogP contribution in [0.1, 0.15) is 30.9 Å². The first-order valence-electron chi connectivity index (χ1n) is 10.4. The molecule has 2 aromatic rings. The molecule has 1 unspecified atom stereocenters. The van der Waals surface area contributed by atoms with Crippen LogP contribution in [0, 0.1) is 5.41 Å². The molecule has 3 aliphatic rings. The van der Waals surface area contributed by atoms with Crippen LogP contribution in [-0.4, -0.2) is 47.8 Å². The third kappa shape index (κ3) is 2.55. The van der Waals surface area contributed by atoms with Gasteiger partial charge in [-0.25, -0.2) is 0 Å². The summed E-state index contributed by atoms with van der Waals surface area (Å²) in [5.74, 6) is 0. The van der Waals surface area contributed by atoms with Gasteiger partial charge in [0.15, 0.2) is 0 Å². The van der Waals surface area contributed by atoms with E-state index in [1.54, 1.807) is 0 Å². The Labute approximate surface area is 162 Å². The summed E-state index contributed by atoms with van der Waals surface area (Å²) in [5, 5.41) is 10.2. The van der Waals surface area contributed by atoms with Crippen molar-refractivity contribution in [1.82, 2.24) is 4.90 Å². The zero-order valence-electron chi connectivity index (χ0n) is 16.3. The SMILES string of the molecule is CC1(CO)CN(c2ccccc2)C12CCN(C1Cc3ccccc3C1)CC2. The molecule has 1 N–H and O–H groups in total. The van der Waals surface area contributed by atoms with E-state index >= 15 is 0 Å². The lowest BCUT2D eigenvalue weighted by atomic mass is 9.57. The van der Waals surface area contributed by atoms with E-state index in [1.807, 2.05) is 0 Å². The lowest BCUT2D eigenvalue weighted by molar-refractivity contribution is -0.0526. The van der Waals surface area contributed by atoms with Gasteiger partial charge in [-0.15, -0.1) is 0 Å². The summed E-state index contributed by atoms with van der Waals surface area (Å²) in [7, 11) is 0. The van der Waals surface area contributed by atoms with Crippen molar-refractivity contribution in [2.45, 2.75) is 44.2 Å². The van der Waals surface area contributed by atoms with E-state index in [1.165, 1.54) is 29.7 Å². The first kappa shape index (κ1) is 17.3. The van der Waals surface area contributed by atoms with Crippen LogP contribution in [0.4, 0.5) is 5.69 Å². The average molecular weight is 363 g/mol. The van der Waals surface area contributed by atoms with Crippen LogP contribution in [0.15, 0.2) is 54.6 Å². The number of nitrogens with zero attached hydrogens (tertiary/aromatic N) is 2. The zero-order valence-corrected chi connectivity index (χ0v) is 16.3. The molecule has 0 bridgehead atoms. The monoisotopic (exact) mass is 362 g/mol. The molecule has 0 aromatic heterocycles. The number of fused-ring (bicyclic) bond motifs is 1. The Morgan fingerprint density at radius 3 is 2.11 bits per heavy atom. The second kappa shape index (κ2) is 6.35. The van der Waals surface area contributed by atoms with E-state index in [-0.39, 0.29) is 17.6 Å². The largest absolute Gasteiger partial charge is 0.396 e. The molecule has 2 heterocycles. The molecule has 142 valence electrons. The number of likely N-dealkylation sites (tertiary alicyclic amines) is 1. The van der Waals surface area contributed by atoms with Gasteiger partial charge >= 0.3 is 0 Å². The summed E-state index contributed by atoms with van der Waals surface area (Å²) in [4.78, 5) is 5.29. The summed E-state index contributed by atoms with van der Waals surface area (Å²) in [6.45, 7) is 5.80. The van der Waals surface area contributed by atoms with Crippen molar-refractivity contribution in [3.63, 3.8) is 0 Å². The summed E-state index contributed by atoms with van der Waals surface area (Å²) < 4.78 is 0. The molecule has 0 saturated carbocycles. The smallest absolute Gasteiger partial charge is 0.0524 e. The summed E-state index contributed by atoms with van der Waals surface area (Å²) >= 11 is 0. The fourth-order valence-corrected chi connectivity index (χ4v) is 5.95. The highest BCUT2D eigenvalue weighted by Crippen LogP contribution is 2.54. The fourth-order valence-electron chi connectivity index (χ4n) is 5.95. The number of aliphatic hydroxyl groups is 1. The van der Waals surface area contributed by atoms with Gasteiger partial charge in [0.2, 0.25) is 0 Å². The van der Waals surface area contributed by atoms with Gasteiger partial charge in [0.25, 0.3) is 0 Å². The molecule has 3 nitrogen and oxygen atoms in total. The quantitative estimate of drug-likeness (QED) is 0.905. The summed E-state index contributed by atoms with van der Waals surface area (Å²) in [5.41, 5.74) is 4.50. The Bertz CT molecular complexity index is 787. The van der Waals surface area contributed by atoms with Crippen LogP contribution < -0.4 is 4.90 Å². The van der Waals surface area contributed by atoms with Crippen LogP contribution >= 0.6 is 0 Å². The molecule has 0 radical (unpaired) electrons. The highest BCUT2D eigenvalue weighted by Gasteiger charge is 2.62. The molecule has 1 atom stereocenters. The molecule has 27 heavy (non-hydrogen) atoms. The van der Waals surface area contributed by atoms with E-state index in [4.69, 9.17) is 0 Å². The van der Waals surface area contributed by atoms with E-state index in [0.717, 1.165) is 32.5 Å². The van der Waals surface area contributed by atoms with Crippen molar-refractivity contribution in [2.24, 2.45) is 5.41 Å². The van der Waals surface area contributed by atoms with Crippen LogP contribution in [-0.2, 0) is 12.8 Å². The number of hydrogen-bond acceptors (Lipinski definition) is 3.